The van der Waals surface area contributed by atoms with Crippen molar-refractivity contribution in [3.05, 3.63) is 58.6 Å². The molecule has 2 N–H and O–H groups in total. The predicted octanol–water partition coefficient (Wildman–Crippen LogP) is 2.68. The largest absolute Gasteiger partial charge is 0.491 e. The normalized spacial score (nSPS) is 10.6. The van der Waals surface area contributed by atoms with Crippen LogP contribution in [-0.4, -0.2) is 57.8 Å². The number of benzene rings is 2. The van der Waals surface area contributed by atoms with E-state index in [1.54, 1.807) is 18.2 Å². The van der Waals surface area contributed by atoms with E-state index in [-0.39, 0.29) is 5.69 Å². The van der Waals surface area contributed by atoms with Crippen LogP contribution < -0.4 is 15.2 Å². The van der Waals surface area contributed by atoms with Crippen LogP contribution in [0.3, 0.4) is 0 Å². The number of non-ortho nitro benzene ring substituents is 1. The van der Waals surface area contributed by atoms with Gasteiger partial charge in [0.15, 0.2) is 0 Å². The molecule has 0 heterocycles. The summed E-state index contributed by atoms with van der Waals surface area (Å²) >= 11 is 0. The number of rotatable bonds is 15. The van der Waals surface area contributed by atoms with Gasteiger partial charge in [-0.2, -0.15) is 0 Å². The van der Waals surface area contributed by atoms with E-state index < -0.39 is 4.92 Å². The molecule has 29 heavy (non-hydrogen) atoms. The third-order valence-corrected chi connectivity index (χ3v) is 3.69. The monoisotopic (exact) mass is 406 g/mol. The molecular weight excluding hydrogens is 380 g/mol. The fraction of sp³-hybridized carbons (Fsp3) is 0.400. The lowest BCUT2D eigenvalue weighted by molar-refractivity contribution is -0.384. The third-order valence-electron chi connectivity index (χ3n) is 3.69. The third kappa shape index (κ3) is 9.24. The first kappa shape index (κ1) is 22.4. The Hall–Kier alpha value is -2.88. The number of nitrogen functional groups attached to an aromatic ring is 1. The Morgan fingerprint density at radius 1 is 0.724 bits per heavy atom. The summed E-state index contributed by atoms with van der Waals surface area (Å²) in [5.41, 5.74) is 6.41. The van der Waals surface area contributed by atoms with Crippen LogP contribution in [-0.2, 0) is 14.2 Å². The summed E-state index contributed by atoms with van der Waals surface area (Å²) in [6.45, 7) is 3.47. The smallest absolute Gasteiger partial charge is 0.269 e. The molecule has 0 radical (unpaired) electrons. The van der Waals surface area contributed by atoms with Gasteiger partial charge in [-0.15, -0.1) is 0 Å². The van der Waals surface area contributed by atoms with E-state index in [0.717, 1.165) is 0 Å². The lowest BCUT2D eigenvalue weighted by Gasteiger charge is -2.09. The number of ether oxygens (including phenoxy) is 5. The lowest BCUT2D eigenvalue weighted by atomic mass is 10.3. The summed E-state index contributed by atoms with van der Waals surface area (Å²) in [5, 5.41) is 10.6. The van der Waals surface area contributed by atoms with E-state index in [1.165, 1.54) is 12.1 Å². The first-order valence-electron chi connectivity index (χ1n) is 9.24. The fourth-order valence-electron chi connectivity index (χ4n) is 2.25. The van der Waals surface area contributed by atoms with Crippen LogP contribution in [0.1, 0.15) is 0 Å². The van der Waals surface area contributed by atoms with Gasteiger partial charge in [0.2, 0.25) is 0 Å². The molecule has 0 aromatic heterocycles. The number of nitro benzene ring substituents is 1. The Labute approximate surface area is 169 Å². The summed E-state index contributed by atoms with van der Waals surface area (Å²) < 4.78 is 27.2. The maximum Gasteiger partial charge on any atom is 0.269 e. The highest BCUT2D eigenvalue weighted by atomic mass is 16.6. The van der Waals surface area contributed by atoms with E-state index in [1.807, 2.05) is 18.2 Å². The Bertz CT molecular complexity index is 725. The van der Waals surface area contributed by atoms with Crippen molar-refractivity contribution in [2.75, 3.05) is 58.6 Å². The minimum atomic E-state index is -0.452. The molecule has 0 saturated heterocycles. The summed E-state index contributed by atoms with van der Waals surface area (Å²) in [6, 6.07) is 13.2. The summed E-state index contributed by atoms with van der Waals surface area (Å²) in [5.74, 6) is 1.22. The SMILES string of the molecule is Nc1ccccc1OCCOCCOCCOCCOc1ccc([N+](=O)[O-])cc1. The van der Waals surface area contributed by atoms with Gasteiger partial charge in [-0.1, -0.05) is 12.1 Å². The molecule has 0 unspecified atom stereocenters. The van der Waals surface area contributed by atoms with Crippen LogP contribution in [0.4, 0.5) is 11.4 Å². The molecule has 9 nitrogen and oxygen atoms in total. The number of nitrogens with zero attached hydrogens (tertiary/aromatic N) is 1. The van der Waals surface area contributed by atoms with Gasteiger partial charge in [-0.25, -0.2) is 0 Å². The average Bonchev–Trinajstić information content (AvgIpc) is 2.73. The van der Waals surface area contributed by atoms with Crippen molar-refractivity contribution in [2.45, 2.75) is 0 Å². The van der Waals surface area contributed by atoms with Gasteiger partial charge in [0, 0.05) is 12.1 Å². The van der Waals surface area contributed by atoms with E-state index in [2.05, 4.69) is 0 Å². The standard InChI is InChI=1S/C20H26N2O7/c21-19-3-1-2-4-20(19)29-16-14-27-12-10-25-9-11-26-13-15-28-18-7-5-17(6-8-18)22(23)24/h1-8H,9-16,21H2. The number of nitrogens with two attached hydrogens (primary N) is 1. The molecule has 158 valence electrons. The zero-order chi connectivity index (χ0) is 20.7. The lowest BCUT2D eigenvalue weighted by Crippen LogP contribution is -2.14. The maximum atomic E-state index is 10.6. The molecule has 0 aliphatic rings. The molecule has 0 fully saturated rings. The van der Waals surface area contributed by atoms with Crippen molar-refractivity contribution in [1.82, 2.24) is 0 Å². The van der Waals surface area contributed by atoms with Gasteiger partial charge < -0.3 is 29.4 Å². The van der Waals surface area contributed by atoms with Gasteiger partial charge in [0.1, 0.15) is 24.7 Å². The van der Waals surface area contributed by atoms with Crippen LogP contribution >= 0.6 is 0 Å². The molecule has 0 bridgehead atoms. The van der Waals surface area contributed by atoms with Gasteiger partial charge in [0.25, 0.3) is 5.69 Å². The second-order valence-corrected chi connectivity index (χ2v) is 5.82. The maximum absolute atomic E-state index is 10.6. The molecular formula is C20H26N2O7. The van der Waals surface area contributed by atoms with Crippen molar-refractivity contribution in [1.29, 1.82) is 0 Å². The topological polar surface area (TPSA) is 115 Å². The van der Waals surface area contributed by atoms with Crippen LogP contribution in [0.15, 0.2) is 48.5 Å². The molecule has 0 saturated carbocycles. The highest BCUT2D eigenvalue weighted by Gasteiger charge is 2.04. The van der Waals surface area contributed by atoms with Crippen molar-refractivity contribution >= 4 is 11.4 Å². The number of para-hydroxylation sites is 2. The van der Waals surface area contributed by atoms with Crippen LogP contribution in [0, 0.1) is 10.1 Å². The van der Waals surface area contributed by atoms with Crippen LogP contribution in [0.5, 0.6) is 11.5 Å². The number of hydrogen-bond acceptors (Lipinski definition) is 8. The van der Waals surface area contributed by atoms with E-state index >= 15 is 0 Å². The van der Waals surface area contributed by atoms with Gasteiger partial charge in [-0.05, 0) is 24.3 Å². The highest BCUT2D eigenvalue weighted by Crippen LogP contribution is 2.19. The second-order valence-electron chi connectivity index (χ2n) is 5.82. The Morgan fingerprint density at radius 2 is 1.24 bits per heavy atom. The average molecular weight is 406 g/mol. The summed E-state index contributed by atoms with van der Waals surface area (Å²) in [6.07, 6.45) is 0. The Morgan fingerprint density at radius 3 is 1.79 bits per heavy atom. The quantitative estimate of drug-likeness (QED) is 0.208. The number of nitro groups is 1. The predicted molar refractivity (Wildman–Crippen MR) is 107 cm³/mol. The molecule has 2 rings (SSSR count). The first-order chi connectivity index (χ1) is 14.2. The molecule has 9 heteroatoms. The van der Waals surface area contributed by atoms with E-state index in [4.69, 9.17) is 29.4 Å². The van der Waals surface area contributed by atoms with Crippen molar-refractivity contribution in [3.63, 3.8) is 0 Å². The van der Waals surface area contributed by atoms with Crippen molar-refractivity contribution < 1.29 is 28.6 Å². The number of anilines is 1. The van der Waals surface area contributed by atoms with Crippen molar-refractivity contribution in [3.8, 4) is 11.5 Å². The fourth-order valence-corrected chi connectivity index (χ4v) is 2.25. The molecule has 2 aromatic rings. The molecule has 0 amide bonds. The first-order valence-corrected chi connectivity index (χ1v) is 9.24. The summed E-state index contributed by atoms with van der Waals surface area (Å²) in [7, 11) is 0. The Balaban J connectivity index is 1.36. The minimum absolute atomic E-state index is 0.0307. The minimum Gasteiger partial charge on any atom is -0.491 e. The molecule has 0 spiro atoms. The molecule has 0 aliphatic carbocycles. The van der Waals surface area contributed by atoms with Crippen LogP contribution in [0.2, 0.25) is 0 Å². The van der Waals surface area contributed by atoms with E-state index in [0.29, 0.717) is 70.0 Å². The number of hydrogen-bond donors (Lipinski definition) is 1. The Kier molecular flexibility index (Phi) is 10.3. The zero-order valence-corrected chi connectivity index (χ0v) is 16.2. The molecule has 2 aromatic carbocycles. The molecule has 0 atom stereocenters. The van der Waals surface area contributed by atoms with E-state index in [9.17, 15) is 10.1 Å². The second kappa shape index (κ2) is 13.3. The van der Waals surface area contributed by atoms with Gasteiger partial charge in [-0.3, -0.25) is 10.1 Å². The van der Waals surface area contributed by atoms with Crippen LogP contribution in [0.25, 0.3) is 0 Å². The van der Waals surface area contributed by atoms with Gasteiger partial charge >= 0.3 is 0 Å². The highest BCUT2D eigenvalue weighted by molar-refractivity contribution is 5.51. The molecule has 0 aliphatic heterocycles. The summed E-state index contributed by atoms with van der Waals surface area (Å²) in [4.78, 5) is 10.1. The van der Waals surface area contributed by atoms with Crippen molar-refractivity contribution in [2.24, 2.45) is 0 Å². The van der Waals surface area contributed by atoms with Gasteiger partial charge in [0.05, 0.1) is 50.3 Å². The zero-order valence-electron chi connectivity index (χ0n) is 16.2.